The van der Waals surface area contributed by atoms with Crippen molar-refractivity contribution in [3.05, 3.63) is 0 Å². The molecule has 1 aliphatic heterocycles. The third-order valence-corrected chi connectivity index (χ3v) is 2.58. The number of hydrogen-bond acceptors (Lipinski definition) is 4. The average Bonchev–Trinajstić information content (AvgIpc) is 2.79. The van der Waals surface area contributed by atoms with E-state index in [1.807, 2.05) is 0 Å². The maximum Gasteiger partial charge on any atom is 0.239 e. The number of carbonyl (C=O) groups is 2. The van der Waals surface area contributed by atoms with E-state index in [0.29, 0.717) is 6.54 Å². The molecule has 0 unspecified atom stereocenters. The molecular weight excluding hydrogens is 208 g/mol. The smallest absolute Gasteiger partial charge is 0.239 e. The molecule has 1 saturated heterocycles. The average molecular weight is 228 g/mol. The van der Waals surface area contributed by atoms with Crippen molar-refractivity contribution in [2.24, 2.45) is 5.73 Å². The lowest BCUT2D eigenvalue weighted by molar-refractivity contribution is -0.125. The number of likely N-dealkylation sites (tertiary alicyclic amines) is 1. The zero-order valence-corrected chi connectivity index (χ0v) is 9.50. The Morgan fingerprint density at radius 2 is 1.81 bits per heavy atom. The first-order valence-corrected chi connectivity index (χ1v) is 5.68. The highest BCUT2D eigenvalue weighted by Crippen LogP contribution is 2.05. The van der Waals surface area contributed by atoms with E-state index in [-0.39, 0.29) is 24.9 Å². The third kappa shape index (κ3) is 5.09. The Labute approximate surface area is 95.5 Å². The Morgan fingerprint density at radius 3 is 2.44 bits per heavy atom. The van der Waals surface area contributed by atoms with Crippen LogP contribution < -0.4 is 16.4 Å². The van der Waals surface area contributed by atoms with Gasteiger partial charge in [-0.3, -0.25) is 9.59 Å². The molecular formula is C10H20N4O2. The fraction of sp³-hybridized carbons (Fsp3) is 0.800. The summed E-state index contributed by atoms with van der Waals surface area (Å²) in [7, 11) is 0. The van der Waals surface area contributed by atoms with Crippen molar-refractivity contribution in [2.75, 3.05) is 39.3 Å². The Balaban J connectivity index is 1.99. The zero-order valence-electron chi connectivity index (χ0n) is 9.50. The van der Waals surface area contributed by atoms with Gasteiger partial charge in [0.25, 0.3) is 0 Å². The topological polar surface area (TPSA) is 87.5 Å². The molecule has 6 nitrogen and oxygen atoms in total. The van der Waals surface area contributed by atoms with Gasteiger partial charge in [-0.05, 0) is 25.9 Å². The van der Waals surface area contributed by atoms with E-state index in [9.17, 15) is 9.59 Å². The van der Waals surface area contributed by atoms with Crippen molar-refractivity contribution >= 4 is 11.8 Å². The summed E-state index contributed by atoms with van der Waals surface area (Å²) in [4.78, 5) is 24.3. The second kappa shape index (κ2) is 7.19. The Morgan fingerprint density at radius 1 is 1.12 bits per heavy atom. The molecule has 0 spiro atoms. The van der Waals surface area contributed by atoms with Crippen molar-refractivity contribution < 1.29 is 9.59 Å². The first-order chi connectivity index (χ1) is 7.72. The first kappa shape index (κ1) is 12.9. The van der Waals surface area contributed by atoms with E-state index in [1.54, 1.807) is 0 Å². The van der Waals surface area contributed by atoms with Gasteiger partial charge in [-0.25, -0.2) is 0 Å². The summed E-state index contributed by atoms with van der Waals surface area (Å²) in [5, 5.41) is 5.17. The fourth-order valence-corrected chi connectivity index (χ4v) is 1.67. The summed E-state index contributed by atoms with van der Waals surface area (Å²) in [6.07, 6.45) is 2.50. The number of hydrogen-bond donors (Lipinski definition) is 3. The summed E-state index contributed by atoms with van der Waals surface area (Å²) < 4.78 is 0. The number of nitrogens with zero attached hydrogens (tertiary/aromatic N) is 1. The standard InChI is InChI=1S/C10H20N4O2/c11-7-9(15)13-8-10(16)12-3-6-14-4-1-2-5-14/h1-8,11H2,(H,12,16)(H,13,15). The van der Waals surface area contributed by atoms with Gasteiger partial charge in [0, 0.05) is 13.1 Å². The van der Waals surface area contributed by atoms with Crippen molar-refractivity contribution in [1.29, 1.82) is 0 Å². The Bertz CT molecular complexity index is 239. The van der Waals surface area contributed by atoms with Gasteiger partial charge in [-0.1, -0.05) is 0 Å². The molecule has 1 rings (SSSR count). The van der Waals surface area contributed by atoms with Crippen LogP contribution in [0.25, 0.3) is 0 Å². The van der Waals surface area contributed by atoms with Crippen LogP contribution in [0.15, 0.2) is 0 Å². The predicted molar refractivity (Wildman–Crippen MR) is 60.7 cm³/mol. The van der Waals surface area contributed by atoms with E-state index in [2.05, 4.69) is 15.5 Å². The molecule has 0 aromatic carbocycles. The molecule has 0 radical (unpaired) electrons. The van der Waals surface area contributed by atoms with Crippen molar-refractivity contribution in [2.45, 2.75) is 12.8 Å². The minimum Gasteiger partial charge on any atom is -0.353 e. The maximum atomic E-state index is 11.3. The minimum absolute atomic E-state index is 0.00995. The highest BCUT2D eigenvalue weighted by Gasteiger charge is 2.11. The molecule has 4 N–H and O–H groups in total. The fourth-order valence-electron chi connectivity index (χ4n) is 1.67. The molecule has 0 aromatic rings. The van der Waals surface area contributed by atoms with Crippen molar-refractivity contribution in [3.63, 3.8) is 0 Å². The van der Waals surface area contributed by atoms with Gasteiger partial charge in [0.15, 0.2) is 0 Å². The molecule has 92 valence electrons. The third-order valence-electron chi connectivity index (χ3n) is 2.58. The summed E-state index contributed by atoms with van der Waals surface area (Å²) in [6.45, 7) is 3.70. The summed E-state index contributed by atoms with van der Waals surface area (Å²) in [5.74, 6) is -0.476. The molecule has 16 heavy (non-hydrogen) atoms. The van der Waals surface area contributed by atoms with Gasteiger partial charge in [0.05, 0.1) is 13.1 Å². The van der Waals surface area contributed by atoms with Crippen LogP contribution in [-0.2, 0) is 9.59 Å². The van der Waals surface area contributed by atoms with Crippen LogP contribution in [-0.4, -0.2) is 56.0 Å². The van der Waals surface area contributed by atoms with E-state index < -0.39 is 0 Å². The van der Waals surface area contributed by atoms with Crippen LogP contribution in [0.1, 0.15) is 12.8 Å². The van der Waals surface area contributed by atoms with Crippen LogP contribution in [0.3, 0.4) is 0 Å². The van der Waals surface area contributed by atoms with Gasteiger partial charge >= 0.3 is 0 Å². The second-order valence-electron chi connectivity index (χ2n) is 3.88. The van der Waals surface area contributed by atoms with Crippen molar-refractivity contribution in [3.8, 4) is 0 Å². The number of amides is 2. The van der Waals surface area contributed by atoms with Crippen LogP contribution >= 0.6 is 0 Å². The number of carbonyl (C=O) groups excluding carboxylic acids is 2. The first-order valence-electron chi connectivity index (χ1n) is 5.68. The summed E-state index contributed by atoms with van der Waals surface area (Å²) in [5.41, 5.74) is 5.09. The lowest BCUT2D eigenvalue weighted by Crippen LogP contribution is -2.41. The Kier molecular flexibility index (Phi) is 5.81. The van der Waals surface area contributed by atoms with Crippen LogP contribution in [0.2, 0.25) is 0 Å². The summed E-state index contributed by atoms with van der Waals surface area (Å²) >= 11 is 0. The molecule has 1 fully saturated rings. The quantitative estimate of drug-likeness (QED) is 0.504. The molecule has 2 amide bonds. The molecule has 1 aliphatic rings. The normalized spacial score (nSPS) is 16.1. The second-order valence-corrected chi connectivity index (χ2v) is 3.88. The van der Waals surface area contributed by atoms with Crippen LogP contribution in [0.5, 0.6) is 0 Å². The molecule has 0 atom stereocenters. The van der Waals surface area contributed by atoms with Crippen LogP contribution in [0, 0.1) is 0 Å². The molecule has 6 heteroatoms. The highest BCUT2D eigenvalue weighted by atomic mass is 16.2. The molecule has 0 aliphatic carbocycles. The highest BCUT2D eigenvalue weighted by molar-refractivity contribution is 5.85. The number of rotatable bonds is 6. The van der Waals surface area contributed by atoms with Crippen LogP contribution in [0.4, 0.5) is 0 Å². The largest absolute Gasteiger partial charge is 0.353 e. The lowest BCUT2D eigenvalue weighted by atomic mass is 10.4. The number of nitrogens with one attached hydrogen (secondary N) is 2. The van der Waals surface area contributed by atoms with Gasteiger partial charge in [-0.2, -0.15) is 0 Å². The molecule has 0 bridgehead atoms. The van der Waals surface area contributed by atoms with Crippen molar-refractivity contribution in [1.82, 2.24) is 15.5 Å². The molecule has 1 heterocycles. The van der Waals surface area contributed by atoms with E-state index in [4.69, 9.17) is 5.73 Å². The van der Waals surface area contributed by atoms with E-state index in [0.717, 1.165) is 19.6 Å². The SMILES string of the molecule is NCC(=O)NCC(=O)NCCN1CCCC1. The predicted octanol–water partition coefficient (Wildman–Crippen LogP) is -1.73. The van der Waals surface area contributed by atoms with E-state index >= 15 is 0 Å². The van der Waals surface area contributed by atoms with Gasteiger partial charge in [0.1, 0.15) is 0 Å². The monoisotopic (exact) mass is 228 g/mol. The minimum atomic E-state index is -0.310. The van der Waals surface area contributed by atoms with E-state index in [1.165, 1.54) is 12.8 Å². The summed E-state index contributed by atoms with van der Waals surface area (Å²) in [6, 6.07) is 0. The molecule has 0 aromatic heterocycles. The van der Waals surface area contributed by atoms with Gasteiger partial charge < -0.3 is 21.3 Å². The lowest BCUT2D eigenvalue weighted by Gasteiger charge is -2.14. The Hall–Kier alpha value is -1.14. The van der Waals surface area contributed by atoms with Gasteiger partial charge in [0.2, 0.25) is 11.8 Å². The maximum absolute atomic E-state index is 11.3. The number of nitrogens with two attached hydrogens (primary N) is 1. The zero-order chi connectivity index (χ0) is 11.8. The van der Waals surface area contributed by atoms with Gasteiger partial charge in [-0.15, -0.1) is 0 Å². The molecule has 0 saturated carbocycles.